The van der Waals surface area contributed by atoms with E-state index in [0.717, 1.165) is 6.07 Å². The Morgan fingerprint density at radius 1 is 1.17 bits per heavy atom. The van der Waals surface area contributed by atoms with E-state index in [9.17, 15) is 31.5 Å². The first-order chi connectivity index (χ1) is 16.4. The number of amides is 1. The number of halogens is 4. The van der Waals surface area contributed by atoms with Crippen LogP contribution in [0.5, 0.6) is 0 Å². The molecule has 2 aromatic carbocycles. The van der Waals surface area contributed by atoms with Gasteiger partial charge in [0.1, 0.15) is 0 Å². The van der Waals surface area contributed by atoms with E-state index >= 15 is 0 Å². The van der Waals surface area contributed by atoms with Gasteiger partial charge in [-0.2, -0.15) is 0 Å². The number of sulfone groups is 1. The van der Waals surface area contributed by atoms with Gasteiger partial charge in [-0.25, -0.2) is 21.6 Å². The second-order valence-electron chi connectivity index (χ2n) is 9.43. The van der Waals surface area contributed by atoms with Gasteiger partial charge >= 0.3 is 0 Å². The Hall–Kier alpha value is -2.14. The fraction of sp³-hybridized carbons (Fsp3) is 0.458. The lowest BCUT2D eigenvalue weighted by molar-refractivity contribution is -0.108. The minimum atomic E-state index is -3.99. The maximum Gasteiger partial charge on any atom is 0.255 e. The highest BCUT2D eigenvalue weighted by molar-refractivity contribution is 7.92. The average molecular weight is 532 g/mol. The third-order valence-corrected chi connectivity index (χ3v) is 9.97. The summed E-state index contributed by atoms with van der Waals surface area (Å²) in [6.45, 7) is 2.11. The molecule has 6 nitrogen and oxygen atoms in total. The largest absolute Gasteiger partial charge is 0.387 e. The standard InChI is InChI=1S/C24H25ClF3NO5S/c1-12-5-14-7-16(10-17(12)24(14,31)11-34-2)35(32,33)21-6-13(3-4-18(21)25)23(30)29-15-8-19(26)22(28)20(27)9-15/h3-4,6,8-9,12,14,16-17,31H,5,7,10-11H2,1-2H3,(H,29,30)/t12-,14?,16?,17?,24-/m0/s1. The van der Waals surface area contributed by atoms with Gasteiger partial charge in [-0.15, -0.1) is 0 Å². The van der Waals surface area contributed by atoms with E-state index in [1.165, 1.54) is 19.2 Å². The van der Waals surface area contributed by atoms with E-state index in [-0.39, 0.29) is 58.4 Å². The summed E-state index contributed by atoms with van der Waals surface area (Å²) < 4.78 is 72.6. The number of benzene rings is 2. The third kappa shape index (κ3) is 4.57. The summed E-state index contributed by atoms with van der Waals surface area (Å²) in [5.74, 6) is -5.89. The van der Waals surface area contributed by atoms with Crippen molar-refractivity contribution in [3.8, 4) is 0 Å². The lowest BCUT2D eigenvalue weighted by Gasteiger charge is -2.42. The van der Waals surface area contributed by atoms with Crippen LogP contribution in [0.25, 0.3) is 0 Å². The number of hydrogen-bond acceptors (Lipinski definition) is 5. The molecule has 1 amide bonds. The van der Waals surface area contributed by atoms with E-state index in [4.69, 9.17) is 16.3 Å². The lowest BCUT2D eigenvalue weighted by Crippen LogP contribution is -2.51. The van der Waals surface area contributed by atoms with Crippen molar-refractivity contribution in [2.75, 3.05) is 19.0 Å². The van der Waals surface area contributed by atoms with E-state index in [1.807, 2.05) is 6.92 Å². The highest BCUT2D eigenvalue weighted by Gasteiger charge is 2.58. The molecule has 2 saturated carbocycles. The second kappa shape index (κ2) is 9.38. The average Bonchev–Trinajstić information content (AvgIpc) is 2.90. The Bertz CT molecular complexity index is 1250. The molecule has 35 heavy (non-hydrogen) atoms. The maximum absolute atomic E-state index is 13.6. The molecule has 0 heterocycles. The summed E-state index contributed by atoms with van der Waals surface area (Å²) >= 11 is 6.23. The molecule has 3 unspecified atom stereocenters. The molecule has 2 aliphatic rings. The molecule has 11 heteroatoms. The number of anilines is 1. The summed E-state index contributed by atoms with van der Waals surface area (Å²) in [5.41, 5.74) is -1.53. The van der Waals surface area contributed by atoms with Crippen LogP contribution in [0.15, 0.2) is 35.2 Å². The number of rotatable bonds is 6. The molecular weight excluding hydrogens is 507 g/mol. The number of aliphatic hydroxyl groups is 1. The van der Waals surface area contributed by atoms with Crippen molar-refractivity contribution in [2.45, 2.75) is 41.9 Å². The fourth-order valence-corrected chi connectivity index (χ4v) is 8.01. The minimum Gasteiger partial charge on any atom is -0.387 e. The molecule has 2 fully saturated rings. The van der Waals surface area contributed by atoms with Crippen LogP contribution in [0.3, 0.4) is 0 Å². The van der Waals surface area contributed by atoms with Gasteiger partial charge in [-0.3, -0.25) is 4.79 Å². The number of fused-ring (bicyclic) bond motifs is 2. The number of nitrogens with one attached hydrogen (secondary N) is 1. The van der Waals surface area contributed by atoms with Gasteiger partial charge in [0.2, 0.25) is 0 Å². The molecule has 0 spiro atoms. The van der Waals surface area contributed by atoms with Gasteiger partial charge in [0.05, 0.1) is 27.4 Å². The summed E-state index contributed by atoms with van der Waals surface area (Å²) in [5, 5.41) is 12.5. The van der Waals surface area contributed by atoms with Gasteiger partial charge in [-0.05, 0) is 55.2 Å². The quantitative estimate of drug-likeness (QED) is 0.532. The zero-order valence-corrected chi connectivity index (χ0v) is 20.6. The van der Waals surface area contributed by atoms with Crippen LogP contribution in [0.1, 0.15) is 36.5 Å². The number of ether oxygens (including phenoxy) is 1. The number of carbonyl (C=O) groups is 1. The number of hydrogen-bond donors (Lipinski definition) is 2. The van der Waals surface area contributed by atoms with Crippen molar-refractivity contribution < 1.29 is 36.2 Å². The van der Waals surface area contributed by atoms with Crippen LogP contribution < -0.4 is 5.32 Å². The molecular formula is C24H25ClF3NO5S. The SMILES string of the molecule is COC[C@]1(O)C2CC(S(=O)(=O)c3cc(C(=O)Nc4cc(F)c(F)c(F)c4)ccc3Cl)CC1[C@@H](C)C2. The van der Waals surface area contributed by atoms with Crippen molar-refractivity contribution in [1.29, 1.82) is 0 Å². The fourth-order valence-electron chi connectivity index (χ4n) is 5.63. The van der Waals surface area contributed by atoms with Crippen molar-refractivity contribution in [3.05, 3.63) is 58.4 Å². The Balaban J connectivity index is 1.61. The second-order valence-corrected chi connectivity index (χ2v) is 12.0. The first kappa shape index (κ1) is 25.9. The molecule has 4 rings (SSSR count). The Morgan fingerprint density at radius 3 is 2.43 bits per heavy atom. The minimum absolute atomic E-state index is 0.0708. The topological polar surface area (TPSA) is 92.7 Å². The third-order valence-electron chi connectivity index (χ3n) is 7.31. The molecule has 0 radical (unpaired) electrons. The van der Waals surface area contributed by atoms with Crippen LogP contribution >= 0.6 is 11.6 Å². The van der Waals surface area contributed by atoms with Crippen LogP contribution in [-0.4, -0.2) is 44.0 Å². The monoisotopic (exact) mass is 531 g/mol. The van der Waals surface area contributed by atoms with E-state index in [2.05, 4.69) is 5.32 Å². The molecule has 0 saturated heterocycles. The van der Waals surface area contributed by atoms with Crippen LogP contribution in [0.4, 0.5) is 18.9 Å². The summed E-state index contributed by atoms with van der Waals surface area (Å²) in [6, 6.07) is 4.88. The lowest BCUT2D eigenvalue weighted by atomic mass is 9.73. The summed E-state index contributed by atoms with van der Waals surface area (Å²) in [4.78, 5) is 12.4. The first-order valence-corrected chi connectivity index (χ1v) is 13.0. The molecule has 2 aliphatic carbocycles. The van der Waals surface area contributed by atoms with Crippen molar-refractivity contribution in [1.82, 2.24) is 0 Å². The van der Waals surface area contributed by atoms with Crippen molar-refractivity contribution in [3.63, 3.8) is 0 Å². The highest BCUT2D eigenvalue weighted by atomic mass is 35.5. The number of methoxy groups -OCH3 is 1. The van der Waals surface area contributed by atoms with Crippen LogP contribution in [-0.2, 0) is 14.6 Å². The van der Waals surface area contributed by atoms with E-state index < -0.39 is 44.0 Å². The molecule has 0 aromatic heterocycles. The predicted molar refractivity (Wildman–Crippen MR) is 124 cm³/mol. The molecule has 2 N–H and O–H groups in total. The van der Waals surface area contributed by atoms with Gasteiger partial charge in [0.25, 0.3) is 5.91 Å². The molecule has 5 atom stereocenters. The van der Waals surface area contributed by atoms with Crippen molar-refractivity contribution >= 4 is 33.0 Å². The molecule has 0 aliphatic heterocycles. The van der Waals surface area contributed by atoms with Crippen LogP contribution in [0.2, 0.25) is 5.02 Å². The van der Waals surface area contributed by atoms with Gasteiger partial charge in [0, 0.05) is 30.5 Å². The smallest absolute Gasteiger partial charge is 0.255 e. The zero-order valence-electron chi connectivity index (χ0n) is 19.0. The molecule has 190 valence electrons. The Kier molecular flexibility index (Phi) is 6.95. The van der Waals surface area contributed by atoms with E-state index in [0.29, 0.717) is 18.6 Å². The van der Waals surface area contributed by atoms with E-state index in [1.54, 1.807) is 0 Å². The predicted octanol–water partition coefficient (Wildman–Crippen LogP) is 4.60. The van der Waals surface area contributed by atoms with Crippen LogP contribution in [0, 0.1) is 35.2 Å². The summed E-state index contributed by atoms with van der Waals surface area (Å²) in [7, 11) is -2.49. The molecule has 2 aromatic rings. The zero-order chi connectivity index (χ0) is 25.7. The van der Waals surface area contributed by atoms with Gasteiger partial charge in [-0.1, -0.05) is 18.5 Å². The summed E-state index contributed by atoms with van der Waals surface area (Å²) in [6.07, 6.45) is 1.13. The van der Waals surface area contributed by atoms with Crippen molar-refractivity contribution in [2.24, 2.45) is 17.8 Å². The van der Waals surface area contributed by atoms with Gasteiger partial charge < -0.3 is 15.2 Å². The normalized spacial score (nSPS) is 28.2. The molecule has 2 bridgehead atoms. The number of carbonyl (C=O) groups excluding carboxylic acids is 1. The first-order valence-electron chi connectivity index (χ1n) is 11.1. The van der Waals surface area contributed by atoms with Gasteiger partial charge in [0.15, 0.2) is 27.3 Å². The Morgan fingerprint density at radius 2 is 1.83 bits per heavy atom. The Labute approximate surface area is 206 Å². The highest BCUT2D eigenvalue weighted by Crippen LogP contribution is 2.54. The maximum atomic E-state index is 13.6.